The molecule has 1 N–H and O–H groups in total. The van der Waals surface area contributed by atoms with Crippen LogP contribution in [0.4, 0.5) is 0 Å². The Morgan fingerprint density at radius 2 is 1.31 bits per heavy atom. The Hall–Kier alpha value is -0.820. The topological polar surface area (TPSA) is 20.2 Å². The molecule has 0 spiro atoms. The van der Waals surface area contributed by atoms with Crippen LogP contribution in [-0.2, 0) is 6.42 Å². The van der Waals surface area contributed by atoms with E-state index in [1.165, 1.54) is 29.5 Å². The van der Waals surface area contributed by atoms with Gasteiger partial charge in [-0.15, -0.1) is 0 Å². The van der Waals surface area contributed by atoms with Gasteiger partial charge in [-0.2, -0.15) is 0 Å². The van der Waals surface area contributed by atoms with Crippen molar-refractivity contribution in [3.8, 4) is 0 Å². The van der Waals surface area contributed by atoms with Crippen LogP contribution in [0.2, 0.25) is 0 Å². The van der Waals surface area contributed by atoms with Crippen molar-refractivity contribution < 1.29 is 5.11 Å². The molecule has 94 valence electrons. The molecule has 0 unspecified atom stereocenters. The summed E-state index contributed by atoms with van der Waals surface area (Å²) in [5, 5.41) is 7.00. The molecule has 1 heteroatoms. The third kappa shape index (κ3) is 5.92. The lowest BCUT2D eigenvalue weighted by atomic mass is 9.97. The van der Waals surface area contributed by atoms with Gasteiger partial charge in [0.15, 0.2) is 0 Å². The first-order valence-electron chi connectivity index (χ1n) is 6.16. The maximum atomic E-state index is 7.00. The number of hydrogen-bond donors (Lipinski definition) is 1. The minimum Gasteiger partial charge on any atom is -0.400 e. The van der Waals surface area contributed by atoms with Gasteiger partial charge in [0.1, 0.15) is 0 Å². The first-order chi connectivity index (χ1) is 7.65. The third-order valence-corrected chi connectivity index (χ3v) is 2.34. The molecule has 1 nitrogen and oxygen atoms in total. The van der Waals surface area contributed by atoms with Gasteiger partial charge in [-0.25, -0.2) is 0 Å². The zero-order valence-electron chi connectivity index (χ0n) is 12.0. The summed E-state index contributed by atoms with van der Waals surface area (Å²) in [7, 11) is 1.00. The number of hydrogen-bond acceptors (Lipinski definition) is 1. The Bertz CT molecular complexity index is 254. The average Bonchev–Trinajstić information content (AvgIpc) is 2.29. The SMILES string of the molecule is CC.CCCc1c(C)cc(C)cc1C.CO. The third-order valence-electron chi connectivity index (χ3n) is 2.34. The normalized spacial score (nSPS) is 8.50. The molecule has 0 bridgehead atoms. The largest absolute Gasteiger partial charge is 0.400 e. The van der Waals surface area contributed by atoms with Crippen LogP contribution in [0.15, 0.2) is 12.1 Å². The van der Waals surface area contributed by atoms with Gasteiger partial charge < -0.3 is 5.11 Å². The van der Waals surface area contributed by atoms with Crippen LogP contribution in [0.1, 0.15) is 49.4 Å². The number of aliphatic hydroxyl groups is 1. The predicted octanol–water partition coefficient (Wildman–Crippen LogP) is 4.20. The molecular formula is C15H28O. The van der Waals surface area contributed by atoms with Crippen molar-refractivity contribution in [3.63, 3.8) is 0 Å². The van der Waals surface area contributed by atoms with Gasteiger partial charge in [-0.1, -0.05) is 44.9 Å². The highest BCUT2D eigenvalue weighted by atomic mass is 16.2. The van der Waals surface area contributed by atoms with Crippen molar-refractivity contribution in [2.24, 2.45) is 0 Å². The summed E-state index contributed by atoms with van der Waals surface area (Å²) < 4.78 is 0. The van der Waals surface area contributed by atoms with Crippen LogP contribution in [0.25, 0.3) is 0 Å². The first kappa shape index (κ1) is 17.6. The fourth-order valence-electron chi connectivity index (χ4n) is 1.85. The van der Waals surface area contributed by atoms with Gasteiger partial charge in [-0.3, -0.25) is 0 Å². The highest BCUT2D eigenvalue weighted by Gasteiger charge is 2.01. The molecule has 0 aromatic heterocycles. The Morgan fingerprint density at radius 3 is 1.62 bits per heavy atom. The van der Waals surface area contributed by atoms with E-state index in [-0.39, 0.29) is 0 Å². The van der Waals surface area contributed by atoms with Crippen LogP contribution >= 0.6 is 0 Å². The van der Waals surface area contributed by atoms with Crippen LogP contribution in [0.5, 0.6) is 0 Å². The molecule has 0 heterocycles. The molecule has 1 aromatic rings. The zero-order chi connectivity index (χ0) is 13.1. The Balaban J connectivity index is 0. The summed E-state index contributed by atoms with van der Waals surface area (Å²) in [4.78, 5) is 0. The van der Waals surface area contributed by atoms with Crippen LogP contribution < -0.4 is 0 Å². The molecular weight excluding hydrogens is 196 g/mol. The second-order valence-electron chi connectivity index (χ2n) is 3.63. The summed E-state index contributed by atoms with van der Waals surface area (Å²) >= 11 is 0. The second-order valence-corrected chi connectivity index (χ2v) is 3.63. The maximum absolute atomic E-state index is 7.00. The summed E-state index contributed by atoms with van der Waals surface area (Å²) in [5.41, 5.74) is 5.83. The number of aryl methyl sites for hydroxylation is 3. The Kier molecular flexibility index (Phi) is 11.7. The van der Waals surface area contributed by atoms with Crippen molar-refractivity contribution in [1.82, 2.24) is 0 Å². The molecule has 0 aliphatic carbocycles. The summed E-state index contributed by atoms with van der Waals surface area (Å²) in [6, 6.07) is 4.55. The smallest absolute Gasteiger partial charge is 0.0319 e. The fourth-order valence-corrected chi connectivity index (χ4v) is 1.85. The zero-order valence-corrected chi connectivity index (χ0v) is 12.0. The summed E-state index contributed by atoms with van der Waals surface area (Å²) in [6.07, 6.45) is 2.46. The van der Waals surface area contributed by atoms with Crippen molar-refractivity contribution in [2.75, 3.05) is 7.11 Å². The minimum absolute atomic E-state index is 1.00. The van der Waals surface area contributed by atoms with Crippen molar-refractivity contribution in [1.29, 1.82) is 0 Å². The van der Waals surface area contributed by atoms with E-state index in [4.69, 9.17) is 5.11 Å². The summed E-state index contributed by atoms with van der Waals surface area (Å²) in [5.74, 6) is 0. The van der Waals surface area contributed by atoms with Gasteiger partial charge in [-0.05, 0) is 43.9 Å². The van der Waals surface area contributed by atoms with Gasteiger partial charge in [0.05, 0.1) is 0 Å². The lowest BCUT2D eigenvalue weighted by Crippen LogP contribution is -1.93. The molecule has 1 rings (SSSR count). The fraction of sp³-hybridized carbons (Fsp3) is 0.600. The minimum atomic E-state index is 1.00. The van der Waals surface area contributed by atoms with E-state index in [0.29, 0.717) is 0 Å². The molecule has 0 saturated heterocycles. The van der Waals surface area contributed by atoms with Crippen LogP contribution in [0.3, 0.4) is 0 Å². The average molecular weight is 224 g/mol. The lowest BCUT2D eigenvalue weighted by Gasteiger charge is -2.09. The molecule has 1 aromatic carbocycles. The standard InChI is InChI=1S/C12H18.C2H6.CH4O/c1-5-6-12-10(3)7-9(2)8-11(12)4;2*1-2/h7-8H,5-6H2,1-4H3;1-2H3;2H,1H3. The highest BCUT2D eigenvalue weighted by molar-refractivity contribution is 5.37. The number of aliphatic hydroxyl groups excluding tert-OH is 1. The van der Waals surface area contributed by atoms with E-state index in [9.17, 15) is 0 Å². The number of benzene rings is 1. The second kappa shape index (κ2) is 10.7. The van der Waals surface area contributed by atoms with Crippen molar-refractivity contribution in [3.05, 3.63) is 34.4 Å². The van der Waals surface area contributed by atoms with E-state index >= 15 is 0 Å². The first-order valence-corrected chi connectivity index (χ1v) is 6.16. The van der Waals surface area contributed by atoms with Crippen LogP contribution in [0, 0.1) is 20.8 Å². The molecule has 0 atom stereocenters. The van der Waals surface area contributed by atoms with Gasteiger partial charge >= 0.3 is 0 Å². The quantitative estimate of drug-likeness (QED) is 0.798. The highest BCUT2D eigenvalue weighted by Crippen LogP contribution is 2.17. The van der Waals surface area contributed by atoms with E-state index in [0.717, 1.165) is 7.11 Å². The Labute approximate surface area is 102 Å². The van der Waals surface area contributed by atoms with Crippen LogP contribution in [-0.4, -0.2) is 12.2 Å². The van der Waals surface area contributed by atoms with E-state index in [1.54, 1.807) is 5.56 Å². The van der Waals surface area contributed by atoms with Gasteiger partial charge in [0.2, 0.25) is 0 Å². The molecule has 0 aliphatic heterocycles. The maximum Gasteiger partial charge on any atom is 0.0319 e. The molecule has 16 heavy (non-hydrogen) atoms. The van der Waals surface area contributed by atoms with E-state index < -0.39 is 0 Å². The van der Waals surface area contributed by atoms with Crippen molar-refractivity contribution >= 4 is 0 Å². The predicted molar refractivity (Wildman–Crippen MR) is 74.1 cm³/mol. The molecule has 0 amide bonds. The molecule has 0 saturated carbocycles. The van der Waals surface area contributed by atoms with E-state index in [2.05, 4.69) is 39.8 Å². The van der Waals surface area contributed by atoms with Gasteiger partial charge in [0, 0.05) is 7.11 Å². The van der Waals surface area contributed by atoms with Crippen molar-refractivity contribution in [2.45, 2.75) is 54.4 Å². The molecule has 0 aliphatic rings. The monoisotopic (exact) mass is 224 g/mol. The van der Waals surface area contributed by atoms with E-state index in [1.807, 2.05) is 13.8 Å². The molecule has 0 radical (unpaired) electrons. The van der Waals surface area contributed by atoms with Gasteiger partial charge in [0.25, 0.3) is 0 Å². The molecule has 0 fully saturated rings. The summed E-state index contributed by atoms with van der Waals surface area (Å²) in [6.45, 7) is 12.8. The Morgan fingerprint density at radius 1 is 0.938 bits per heavy atom. The number of rotatable bonds is 2. The lowest BCUT2D eigenvalue weighted by molar-refractivity contribution is 0.399.